The summed E-state index contributed by atoms with van der Waals surface area (Å²) in [6.45, 7) is 12.4. The first kappa shape index (κ1) is 38.2. The van der Waals surface area contributed by atoms with Gasteiger partial charge in [0.05, 0.1) is 39.3 Å². The van der Waals surface area contributed by atoms with Gasteiger partial charge in [-0.2, -0.15) is 0 Å². The zero-order valence-electron chi connectivity index (χ0n) is 25.9. The number of hydrogen-bond acceptors (Lipinski definition) is 12. The molecule has 14 nitrogen and oxygen atoms in total. The van der Waals surface area contributed by atoms with Crippen LogP contribution in [0.3, 0.4) is 0 Å². The molecule has 0 aromatic carbocycles. The standard InChI is InChI=1S/C27H49N3O11/c1-25(2,3)39-22(36)15-28(10-11-29(13-20(32)33)16-23(37)40-26(4,5)6)12-19(18-31)30(14-21(34)35)17-24(38)41-27(7,8)9/h19,31H,10-18H2,1-9H3,(H,32,33)(H,34,35). The zero-order chi connectivity index (χ0) is 32.2. The number of rotatable bonds is 17. The van der Waals surface area contributed by atoms with Gasteiger partial charge in [-0.3, -0.25) is 38.7 Å². The van der Waals surface area contributed by atoms with E-state index in [1.807, 2.05) is 0 Å². The van der Waals surface area contributed by atoms with Gasteiger partial charge < -0.3 is 29.5 Å². The molecule has 0 aliphatic rings. The van der Waals surface area contributed by atoms with E-state index in [-0.39, 0.29) is 32.7 Å². The Balaban J connectivity index is 5.94. The molecule has 1 unspecified atom stereocenters. The monoisotopic (exact) mass is 591 g/mol. The summed E-state index contributed by atoms with van der Waals surface area (Å²) >= 11 is 0. The number of esters is 3. The maximum Gasteiger partial charge on any atom is 0.320 e. The predicted molar refractivity (Wildman–Crippen MR) is 148 cm³/mol. The van der Waals surface area contributed by atoms with E-state index in [9.17, 15) is 39.3 Å². The molecule has 0 rings (SSSR count). The quantitative estimate of drug-likeness (QED) is 0.156. The van der Waals surface area contributed by atoms with E-state index in [1.54, 1.807) is 67.2 Å². The first-order chi connectivity index (χ1) is 18.5. The van der Waals surface area contributed by atoms with Gasteiger partial charge in [-0.05, 0) is 62.3 Å². The SMILES string of the molecule is CC(C)(C)OC(=O)CN(CCN(CC(=O)OC(C)(C)C)CC(CO)N(CC(=O)O)CC(=O)OC(C)(C)C)CC(=O)O. The molecule has 41 heavy (non-hydrogen) atoms. The van der Waals surface area contributed by atoms with Gasteiger partial charge in [0.2, 0.25) is 0 Å². The third-order valence-electron chi connectivity index (χ3n) is 4.92. The largest absolute Gasteiger partial charge is 0.480 e. The van der Waals surface area contributed by atoms with Gasteiger partial charge in [0.1, 0.15) is 16.8 Å². The Morgan fingerprint density at radius 1 is 0.585 bits per heavy atom. The van der Waals surface area contributed by atoms with Crippen LogP contribution in [0.1, 0.15) is 62.3 Å². The summed E-state index contributed by atoms with van der Waals surface area (Å²) < 4.78 is 16.0. The van der Waals surface area contributed by atoms with Crippen LogP contribution in [0.15, 0.2) is 0 Å². The number of aliphatic carboxylic acids is 2. The Morgan fingerprint density at radius 2 is 0.951 bits per heavy atom. The highest BCUT2D eigenvalue weighted by atomic mass is 16.6. The number of carbonyl (C=O) groups excluding carboxylic acids is 3. The molecule has 0 aliphatic heterocycles. The van der Waals surface area contributed by atoms with Crippen molar-refractivity contribution in [3.8, 4) is 0 Å². The lowest BCUT2D eigenvalue weighted by Gasteiger charge is -2.34. The molecule has 0 heterocycles. The first-order valence-electron chi connectivity index (χ1n) is 13.4. The summed E-state index contributed by atoms with van der Waals surface area (Å²) in [5.74, 6) is -4.35. The fourth-order valence-corrected chi connectivity index (χ4v) is 3.65. The molecule has 0 spiro atoms. The highest BCUT2D eigenvalue weighted by molar-refractivity contribution is 5.75. The van der Waals surface area contributed by atoms with Gasteiger partial charge in [-0.25, -0.2) is 0 Å². The fraction of sp³-hybridized carbons (Fsp3) is 0.815. The normalized spacial score (nSPS) is 13.3. The third-order valence-corrected chi connectivity index (χ3v) is 4.92. The lowest BCUT2D eigenvalue weighted by atomic mass is 10.2. The van der Waals surface area contributed by atoms with Crippen molar-refractivity contribution in [2.45, 2.75) is 85.2 Å². The van der Waals surface area contributed by atoms with Crippen molar-refractivity contribution in [1.82, 2.24) is 14.7 Å². The second-order valence-corrected chi connectivity index (χ2v) is 12.7. The molecule has 0 saturated heterocycles. The summed E-state index contributed by atoms with van der Waals surface area (Å²) in [6, 6.07) is -0.917. The molecule has 0 aromatic rings. The topological polar surface area (TPSA) is 183 Å². The molecule has 1 atom stereocenters. The number of aliphatic hydroxyl groups excluding tert-OH is 1. The molecule has 0 fully saturated rings. The summed E-state index contributed by atoms with van der Waals surface area (Å²) in [7, 11) is 0. The molecule has 0 amide bonds. The molecule has 0 aromatic heterocycles. The van der Waals surface area contributed by atoms with Gasteiger partial charge in [0.25, 0.3) is 0 Å². The Labute approximate surface area is 242 Å². The molecule has 0 saturated carbocycles. The Bertz CT molecular complexity index is 888. The number of carbonyl (C=O) groups is 5. The van der Waals surface area contributed by atoms with Crippen molar-refractivity contribution in [3.63, 3.8) is 0 Å². The molecule has 0 bridgehead atoms. The van der Waals surface area contributed by atoms with Crippen molar-refractivity contribution in [1.29, 1.82) is 0 Å². The molecule has 14 heteroatoms. The lowest BCUT2D eigenvalue weighted by molar-refractivity contribution is -0.160. The smallest absolute Gasteiger partial charge is 0.320 e. The van der Waals surface area contributed by atoms with Crippen molar-refractivity contribution in [2.24, 2.45) is 0 Å². The van der Waals surface area contributed by atoms with Gasteiger partial charge in [0.15, 0.2) is 0 Å². The van der Waals surface area contributed by atoms with Crippen molar-refractivity contribution >= 4 is 29.8 Å². The van der Waals surface area contributed by atoms with Crippen LogP contribution in [0.25, 0.3) is 0 Å². The summed E-state index contributed by atoms with van der Waals surface area (Å²) in [4.78, 5) is 64.7. The maximum absolute atomic E-state index is 12.7. The van der Waals surface area contributed by atoms with Crippen molar-refractivity contribution in [3.05, 3.63) is 0 Å². The summed E-state index contributed by atoms with van der Waals surface area (Å²) in [5, 5.41) is 29.0. The Morgan fingerprint density at radius 3 is 1.32 bits per heavy atom. The fourth-order valence-electron chi connectivity index (χ4n) is 3.65. The number of ether oxygens (including phenoxy) is 3. The van der Waals surface area contributed by atoms with Crippen molar-refractivity contribution in [2.75, 3.05) is 59.0 Å². The second-order valence-electron chi connectivity index (χ2n) is 12.7. The maximum atomic E-state index is 12.7. The highest BCUT2D eigenvalue weighted by Gasteiger charge is 2.29. The van der Waals surface area contributed by atoms with Crippen LogP contribution in [0, 0.1) is 0 Å². The van der Waals surface area contributed by atoms with Gasteiger partial charge >= 0.3 is 29.8 Å². The van der Waals surface area contributed by atoms with Crippen LogP contribution < -0.4 is 0 Å². The number of hydrogen-bond donors (Lipinski definition) is 3. The molecule has 0 radical (unpaired) electrons. The van der Waals surface area contributed by atoms with E-state index in [2.05, 4.69) is 0 Å². The number of carboxylic acid groups (broad SMARTS) is 2. The van der Waals surface area contributed by atoms with Crippen LogP contribution in [0.5, 0.6) is 0 Å². The molecule has 3 N–H and O–H groups in total. The van der Waals surface area contributed by atoms with E-state index in [0.29, 0.717) is 0 Å². The minimum Gasteiger partial charge on any atom is -0.480 e. The van der Waals surface area contributed by atoms with Crippen molar-refractivity contribution < 1.29 is 53.5 Å². The highest BCUT2D eigenvalue weighted by Crippen LogP contribution is 2.12. The van der Waals surface area contributed by atoms with E-state index in [0.717, 1.165) is 0 Å². The van der Waals surface area contributed by atoms with Crippen LogP contribution in [-0.2, 0) is 38.2 Å². The summed E-state index contributed by atoms with van der Waals surface area (Å²) in [5.41, 5.74) is -2.38. The molecular weight excluding hydrogens is 542 g/mol. The molecule has 238 valence electrons. The zero-order valence-corrected chi connectivity index (χ0v) is 25.9. The minimum atomic E-state index is -1.24. The average Bonchev–Trinajstić information content (AvgIpc) is 2.69. The number of carboxylic acids is 2. The van der Waals surface area contributed by atoms with Gasteiger partial charge in [0, 0.05) is 25.7 Å². The van der Waals surface area contributed by atoms with Gasteiger partial charge in [-0.15, -0.1) is 0 Å². The molecule has 0 aliphatic carbocycles. The Kier molecular flexibility index (Phi) is 15.5. The van der Waals surface area contributed by atoms with E-state index in [1.165, 1.54) is 9.80 Å². The summed E-state index contributed by atoms with van der Waals surface area (Å²) in [6.07, 6.45) is 0. The van der Waals surface area contributed by atoms with Crippen LogP contribution in [0.2, 0.25) is 0 Å². The lowest BCUT2D eigenvalue weighted by Crippen LogP contribution is -2.52. The molecular formula is C27H49N3O11. The average molecular weight is 592 g/mol. The number of aliphatic hydroxyl groups is 1. The minimum absolute atomic E-state index is 0.0114. The number of nitrogens with zero attached hydrogens (tertiary/aromatic N) is 3. The first-order valence-corrected chi connectivity index (χ1v) is 13.4. The van der Waals surface area contributed by atoms with E-state index >= 15 is 0 Å². The van der Waals surface area contributed by atoms with Gasteiger partial charge in [-0.1, -0.05) is 0 Å². The van der Waals surface area contributed by atoms with E-state index < -0.39 is 78.9 Å². The Hall–Kier alpha value is -2.81. The van der Waals surface area contributed by atoms with Crippen LogP contribution in [0.4, 0.5) is 0 Å². The predicted octanol–water partition coefficient (Wildman–Crippen LogP) is 0.448. The van der Waals surface area contributed by atoms with Crippen LogP contribution >= 0.6 is 0 Å². The van der Waals surface area contributed by atoms with Crippen LogP contribution in [-0.4, -0.2) is 142 Å². The second kappa shape index (κ2) is 16.6. The third kappa shape index (κ3) is 20.7. The van der Waals surface area contributed by atoms with E-state index in [4.69, 9.17) is 14.2 Å².